The number of unbranched alkanes of at least 4 members (excludes halogenated alkanes) is 3. The Labute approximate surface area is 482 Å². The number of carbonyl (C=O) groups excluding carboxylic acids is 2. The Bertz CT molecular complexity index is 3430. The molecule has 3 aliphatic heterocycles. The maximum atomic E-state index is 13.2. The van der Waals surface area contributed by atoms with Crippen molar-refractivity contribution in [1.82, 2.24) is 14.9 Å². The Hall–Kier alpha value is -4.84. The van der Waals surface area contributed by atoms with E-state index in [4.69, 9.17) is 4.74 Å². The Kier molecular flexibility index (Phi) is 23.2. The van der Waals surface area contributed by atoms with Gasteiger partial charge in [-0.1, -0.05) is 43.2 Å². The van der Waals surface area contributed by atoms with Crippen molar-refractivity contribution in [3.63, 3.8) is 0 Å². The number of fused-ring (bicyclic) bond motifs is 2. The highest BCUT2D eigenvalue weighted by Crippen LogP contribution is 2.60. The van der Waals surface area contributed by atoms with E-state index in [0.717, 1.165) is 56.0 Å². The minimum Gasteiger partial charge on any atom is -0.790 e. The number of aromatic nitrogens is 2. The van der Waals surface area contributed by atoms with E-state index in [1.54, 1.807) is 6.07 Å². The van der Waals surface area contributed by atoms with Gasteiger partial charge in [0, 0.05) is 84.4 Å². The van der Waals surface area contributed by atoms with Gasteiger partial charge in [-0.3, -0.25) is 42.4 Å². The lowest BCUT2D eigenvalue weighted by molar-refractivity contribution is -0.777. The second kappa shape index (κ2) is 28.6. The lowest BCUT2D eigenvalue weighted by Crippen LogP contribution is -2.33. The van der Waals surface area contributed by atoms with Crippen LogP contribution in [-0.2, 0) is 71.5 Å². The summed E-state index contributed by atoms with van der Waals surface area (Å²) in [7, 11) is -23.1. The molecule has 0 aliphatic carbocycles. The number of aliphatic hydroxyl groups is 1. The molecule has 3 N–H and O–H groups in total. The van der Waals surface area contributed by atoms with Crippen LogP contribution in [0.2, 0.25) is 0 Å². The molecule has 1 amide bonds. The summed E-state index contributed by atoms with van der Waals surface area (Å²) in [6.07, 6.45) is 13.1. The number of nitrogens with zero attached hydrogens (tertiary/aromatic N) is 3. The van der Waals surface area contributed by atoms with Crippen LogP contribution in [0.25, 0.3) is 6.08 Å². The number of Topliss-reactive ketones (excluding diaryl/α,β-unsaturated/α-hetero) is 1. The van der Waals surface area contributed by atoms with Crippen LogP contribution in [0, 0.1) is 0 Å². The number of allylic oxidation sites excluding steroid dienone is 6. The van der Waals surface area contributed by atoms with Crippen molar-refractivity contribution in [1.29, 1.82) is 0 Å². The van der Waals surface area contributed by atoms with E-state index in [9.17, 15) is 75.8 Å². The van der Waals surface area contributed by atoms with Gasteiger partial charge in [0.2, 0.25) is 11.6 Å². The van der Waals surface area contributed by atoms with E-state index in [0.29, 0.717) is 63.6 Å². The van der Waals surface area contributed by atoms with Crippen LogP contribution in [0.15, 0.2) is 104 Å². The number of hydrogen-bond donors (Lipinski definition) is 3. The molecule has 32 heteroatoms. The number of likely N-dealkylation sites (N-methyl/N-ethyl adjacent to an activating group) is 1. The van der Waals surface area contributed by atoms with Gasteiger partial charge < -0.3 is 58.5 Å². The van der Waals surface area contributed by atoms with Gasteiger partial charge in [0.25, 0.3) is 21.2 Å². The number of hydrogen-bond acceptors (Lipinski definition) is 24. The molecule has 4 heterocycles. The number of aliphatic hydroxyl groups excluding tert-OH is 1. The highest BCUT2D eigenvalue weighted by molar-refractivity contribution is 7.94. The van der Waals surface area contributed by atoms with Gasteiger partial charge in [0.15, 0.2) is 5.71 Å². The predicted molar refractivity (Wildman–Crippen MR) is 290 cm³/mol. The highest BCUT2D eigenvalue weighted by atomic mass is 32.2. The second-order valence-electron chi connectivity index (χ2n) is 20.2. The molecule has 1 aromatic heterocycles. The fraction of sp³-hybridized carbons (Fsp3) is 0.471. The summed E-state index contributed by atoms with van der Waals surface area (Å²) < 4.78 is 94.6. The highest BCUT2D eigenvalue weighted by Gasteiger charge is 2.45. The smallest absolute Gasteiger partial charge is 0.330 e. The molecule has 1 saturated heterocycles. The summed E-state index contributed by atoms with van der Waals surface area (Å²) >= 11 is 0.834. The van der Waals surface area contributed by atoms with Gasteiger partial charge in [0.05, 0.1) is 48.5 Å². The van der Waals surface area contributed by atoms with Crippen molar-refractivity contribution in [2.24, 2.45) is 0 Å². The number of benzene rings is 2. The zero-order chi connectivity index (χ0) is 61.1. The molecule has 0 spiro atoms. The first-order chi connectivity index (χ1) is 38.9. The number of nitrogens with one attached hydrogen (secondary N) is 2. The first-order valence-corrected chi connectivity index (χ1v) is 32.7. The van der Waals surface area contributed by atoms with Gasteiger partial charge in [0.1, 0.15) is 34.8 Å². The summed E-state index contributed by atoms with van der Waals surface area (Å²) in [6, 6.07) is 10.2. The average Bonchev–Trinajstić information content (AvgIpc) is 1.89. The number of phosphoric ester groups is 1. The fourth-order valence-electron chi connectivity index (χ4n) is 10.2. The largest absolute Gasteiger partial charge is 0.790 e. The van der Waals surface area contributed by atoms with E-state index >= 15 is 0 Å². The minimum atomic E-state index is -6.24. The summed E-state index contributed by atoms with van der Waals surface area (Å²) in [5.41, 5.74) is 2.46. The average molecular weight is 1260 g/mol. The van der Waals surface area contributed by atoms with Crippen molar-refractivity contribution < 1.29 is 98.0 Å². The monoisotopic (exact) mass is 1250 g/mol. The lowest BCUT2D eigenvalue weighted by Gasteiger charge is -2.37. The van der Waals surface area contributed by atoms with Crippen LogP contribution >= 0.6 is 35.5 Å². The van der Waals surface area contributed by atoms with Crippen LogP contribution in [0.1, 0.15) is 122 Å². The van der Waals surface area contributed by atoms with E-state index < -0.39 is 75.3 Å². The Morgan fingerprint density at radius 3 is 2.31 bits per heavy atom. The third kappa shape index (κ3) is 17.9. The van der Waals surface area contributed by atoms with Crippen LogP contribution in [0.4, 0.5) is 11.4 Å². The SMILES string of the molecule is CCN1/C(=C/C=C/C=C/C2=[N+](CC)c3ccc(SOO[O-])cc3C2(C)C)C(C)(CCCC(=O)CCCCCCC(=O)NC/C=C/c2cn([C@H]3C[C@@H](O)[C@@H](COP(=O)([O-])OP(=O)([O-])OP(=O)([O-])[O-])O3)c(=O)[nH]c2=O)c2cc(S(=O)(=O)[O-])ccc21. The third-order valence-electron chi connectivity index (χ3n) is 14.1. The number of rotatable bonds is 31. The lowest BCUT2D eigenvalue weighted by atomic mass is 9.77. The van der Waals surface area contributed by atoms with Gasteiger partial charge in [-0.2, -0.15) is 8.91 Å². The van der Waals surface area contributed by atoms with Gasteiger partial charge >= 0.3 is 5.69 Å². The molecular formula is C51H63N5O22P3S2-5. The number of H-pyrrole nitrogens is 1. The van der Waals surface area contributed by atoms with Crippen LogP contribution in [0.3, 0.4) is 0 Å². The van der Waals surface area contributed by atoms with Crippen LogP contribution in [-0.4, -0.2) is 88.1 Å². The van der Waals surface area contributed by atoms with Crippen molar-refractivity contribution in [3.8, 4) is 0 Å². The zero-order valence-corrected chi connectivity index (χ0v) is 50.1. The molecule has 6 rings (SSSR count). The number of amides is 1. The molecule has 6 atom stereocenters. The molecule has 3 aromatic rings. The Balaban J connectivity index is 0.959. The molecule has 2 aromatic carbocycles. The molecule has 3 unspecified atom stereocenters. The number of aromatic amines is 1. The van der Waals surface area contributed by atoms with Gasteiger partial charge in [-0.25, -0.2) is 17.5 Å². The molecule has 456 valence electrons. The van der Waals surface area contributed by atoms with E-state index in [-0.39, 0.29) is 53.4 Å². The quantitative estimate of drug-likeness (QED) is 0.0122. The maximum absolute atomic E-state index is 13.2. The van der Waals surface area contributed by atoms with E-state index in [2.05, 4.69) is 69.1 Å². The van der Waals surface area contributed by atoms with E-state index in [1.165, 1.54) is 24.3 Å². The topological polar surface area (TPSA) is 407 Å². The van der Waals surface area contributed by atoms with Crippen LogP contribution in [0.5, 0.6) is 0 Å². The predicted octanol–water partition coefficient (Wildman–Crippen LogP) is 3.23. The first-order valence-electron chi connectivity index (χ1n) is 26.1. The van der Waals surface area contributed by atoms with Crippen molar-refractivity contribution >= 4 is 80.5 Å². The summed E-state index contributed by atoms with van der Waals surface area (Å²) in [4.78, 5) is 99.9. The molecule has 0 saturated carbocycles. The maximum Gasteiger partial charge on any atom is 0.330 e. The Morgan fingerprint density at radius 1 is 0.928 bits per heavy atom. The van der Waals surface area contributed by atoms with Crippen molar-refractivity contribution in [3.05, 3.63) is 122 Å². The number of phosphoric acid groups is 3. The third-order valence-corrected chi connectivity index (χ3v) is 19.2. The first kappa shape index (κ1) is 67.3. The normalized spacial score (nSPS) is 21.8. The number of ketones is 1. The van der Waals surface area contributed by atoms with Gasteiger partial charge in [-0.15, -0.1) is 0 Å². The van der Waals surface area contributed by atoms with E-state index in [1.807, 2.05) is 56.4 Å². The molecular weight excluding hydrogens is 1190 g/mol. The second-order valence-corrected chi connectivity index (χ2v) is 26.6. The molecule has 83 heavy (non-hydrogen) atoms. The zero-order valence-electron chi connectivity index (χ0n) is 45.7. The molecule has 0 radical (unpaired) electrons. The standard InChI is InChI=1S/C51H68N5O22P3S2/c1-6-54-40-25-23-36(82-76-75-62)29-38(40)50(3,4)44(54)20-12-10-13-21-45-51(5,39-30-37(83(70,71)72)24-26-41(39)55(45)7-2)27-15-19-35(57)18-11-8-9-14-22-46(59)52-28-16-17-34-32-56(49(61)53-48(34)60)47-31-42(58)43(74-47)33-73-80(66,67)78-81(68,69)77-79(63,64)65/h10,12-13,16-17,20-21,23-26,29-30,32,42-43,47,58H,6-9,11,14-15,18-19,22,27-28,31,33H2,1-5H3,(H7-,52,53,59,60,61,62,63,64,65,66,67,68,69,70,71,72)/p-5/b17-16+/t42-,43-,47-,51?/m1/s1. The number of carbonyl (C=O) groups is 2. The number of anilines is 1. The minimum absolute atomic E-state index is 0.0103. The Morgan fingerprint density at radius 2 is 1.64 bits per heavy atom. The fourth-order valence-corrected chi connectivity index (χ4v) is 14.0. The van der Waals surface area contributed by atoms with Crippen molar-refractivity contribution in [2.45, 2.75) is 138 Å². The molecule has 3 aliphatic rings. The molecule has 0 bridgehead atoms. The van der Waals surface area contributed by atoms with Crippen LogP contribution < -0.4 is 46.3 Å². The summed E-state index contributed by atoms with van der Waals surface area (Å²) in [5.74, 6) is -0.236. The molecule has 1 fully saturated rings. The van der Waals surface area contributed by atoms with Crippen molar-refractivity contribution in [2.75, 3.05) is 31.1 Å². The molecule has 27 nitrogen and oxygen atoms in total. The van der Waals surface area contributed by atoms with Gasteiger partial charge in [-0.05, 0) is 102 Å². The summed E-state index contributed by atoms with van der Waals surface area (Å²) in [6.45, 7) is 10.4. The summed E-state index contributed by atoms with van der Waals surface area (Å²) in [5, 5.41) is 27.1. The number of ether oxygens (including phenoxy) is 1.